The molecule has 0 amide bonds. The predicted molar refractivity (Wildman–Crippen MR) is 69.9 cm³/mol. The molecular weight excluding hydrogens is 246 g/mol. The molecule has 2 atom stereocenters. The third-order valence-electron chi connectivity index (χ3n) is 3.29. The van der Waals surface area contributed by atoms with Crippen molar-refractivity contribution >= 4 is 16.9 Å². The molecule has 0 saturated heterocycles. The molecule has 1 N–H and O–H groups in total. The van der Waals surface area contributed by atoms with Crippen LogP contribution in [0.4, 0.5) is 0 Å². The zero-order valence-electron chi connectivity index (χ0n) is 10.8. The molecule has 0 spiro atoms. The van der Waals surface area contributed by atoms with Crippen molar-refractivity contribution in [2.24, 2.45) is 5.92 Å². The Bertz CT molecular complexity index is 665. The molecule has 0 saturated carbocycles. The Kier molecular flexibility index (Phi) is 3.59. The number of benzene rings is 1. The van der Waals surface area contributed by atoms with Gasteiger partial charge in [-0.1, -0.05) is 37.6 Å². The van der Waals surface area contributed by atoms with Gasteiger partial charge in [-0.3, -0.25) is 4.79 Å². The summed E-state index contributed by atoms with van der Waals surface area (Å²) in [4.78, 5) is 23.7. The van der Waals surface area contributed by atoms with E-state index >= 15 is 0 Å². The second-order valence-corrected chi connectivity index (χ2v) is 4.52. The van der Waals surface area contributed by atoms with Crippen molar-refractivity contribution in [3.8, 4) is 0 Å². The second kappa shape index (κ2) is 5.17. The second-order valence-electron chi connectivity index (χ2n) is 4.52. The molecule has 2 aromatic rings. The minimum absolute atomic E-state index is 0.203. The fourth-order valence-electron chi connectivity index (χ4n) is 2.00. The fraction of sp³-hybridized carbons (Fsp3) is 0.385. The van der Waals surface area contributed by atoms with Crippen LogP contribution in [0.15, 0.2) is 29.1 Å². The largest absolute Gasteiger partial charge is 0.480 e. The molecule has 0 aliphatic rings. The van der Waals surface area contributed by atoms with Crippen LogP contribution in [0.5, 0.6) is 0 Å². The van der Waals surface area contributed by atoms with E-state index in [9.17, 15) is 14.7 Å². The quantitative estimate of drug-likeness (QED) is 0.900. The lowest BCUT2D eigenvalue weighted by molar-refractivity contribution is -0.143. The number of fused-ring (bicyclic) bond motifs is 1. The van der Waals surface area contributed by atoms with E-state index in [1.165, 1.54) is 0 Å². The molecule has 1 aromatic heterocycles. The minimum Gasteiger partial charge on any atom is -0.480 e. The van der Waals surface area contributed by atoms with E-state index in [2.05, 4.69) is 10.3 Å². The highest BCUT2D eigenvalue weighted by Crippen LogP contribution is 2.19. The summed E-state index contributed by atoms with van der Waals surface area (Å²) in [5.41, 5.74) is 0.0512. The van der Waals surface area contributed by atoms with Gasteiger partial charge in [-0.15, -0.1) is 5.10 Å². The van der Waals surface area contributed by atoms with E-state index in [-0.39, 0.29) is 5.92 Å². The van der Waals surface area contributed by atoms with E-state index in [4.69, 9.17) is 0 Å². The molecule has 0 aliphatic carbocycles. The van der Waals surface area contributed by atoms with Crippen LogP contribution in [0.25, 0.3) is 10.9 Å². The Morgan fingerprint density at radius 3 is 2.74 bits per heavy atom. The Hall–Kier alpha value is -2.24. The van der Waals surface area contributed by atoms with Gasteiger partial charge in [0.05, 0.1) is 5.39 Å². The zero-order chi connectivity index (χ0) is 14.0. The summed E-state index contributed by atoms with van der Waals surface area (Å²) in [6.45, 7) is 3.65. The number of nitrogens with zero attached hydrogens (tertiary/aromatic N) is 3. The van der Waals surface area contributed by atoms with Crippen molar-refractivity contribution in [1.82, 2.24) is 15.0 Å². The van der Waals surface area contributed by atoms with Crippen molar-refractivity contribution in [1.29, 1.82) is 0 Å². The monoisotopic (exact) mass is 261 g/mol. The van der Waals surface area contributed by atoms with Crippen molar-refractivity contribution < 1.29 is 9.90 Å². The van der Waals surface area contributed by atoms with E-state index in [1.807, 2.05) is 6.92 Å². The number of rotatable bonds is 4. The molecular formula is C13H15N3O3. The molecule has 1 heterocycles. The normalized spacial score (nSPS) is 14.2. The maximum Gasteiger partial charge on any atom is 0.328 e. The highest BCUT2D eigenvalue weighted by Gasteiger charge is 2.28. The van der Waals surface area contributed by atoms with Gasteiger partial charge in [0.15, 0.2) is 6.04 Å². The Morgan fingerprint density at radius 2 is 2.11 bits per heavy atom. The Labute approximate surface area is 109 Å². The van der Waals surface area contributed by atoms with Gasteiger partial charge in [0.25, 0.3) is 5.56 Å². The van der Waals surface area contributed by atoms with Gasteiger partial charge in [-0.25, -0.2) is 4.79 Å². The van der Waals surface area contributed by atoms with Gasteiger partial charge >= 0.3 is 5.97 Å². The first kappa shape index (κ1) is 13.2. The Balaban J connectivity index is 2.64. The lowest BCUT2D eigenvalue weighted by atomic mass is 9.99. The number of carboxylic acid groups (broad SMARTS) is 1. The minimum atomic E-state index is -1.07. The number of carbonyl (C=O) groups is 1. The molecule has 6 nitrogen and oxygen atoms in total. The zero-order valence-corrected chi connectivity index (χ0v) is 10.8. The lowest BCUT2D eigenvalue weighted by Gasteiger charge is -2.19. The smallest absolute Gasteiger partial charge is 0.328 e. The third kappa shape index (κ3) is 2.33. The van der Waals surface area contributed by atoms with Crippen molar-refractivity contribution in [3.05, 3.63) is 34.6 Å². The molecule has 2 rings (SSSR count). The number of hydrogen-bond acceptors (Lipinski definition) is 4. The molecule has 1 aromatic carbocycles. The van der Waals surface area contributed by atoms with Crippen LogP contribution in [-0.4, -0.2) is 26.1 Å². The van der Waals surface area contributed by atoms with Crippen LogP contribution in [0.3, 0.4) is 0 Å². The molecule has 0 aliphatic heterocycles. The summed E-state index contributed by atoms with van der Waals surface area (Å²) in [7, 11) is 0. The highest BCUT2D eigenvalue weighted by molar-refractivity contribution is 5.77. The summed E-state index contributed by atoms with van der Waals surface area (Å²) >= 11 is 0. The lowest BCUT2D eigenvalue weighted by Crippen LogP contribution is -2.36. The molecule has 1 unspecified atom stereocenters. The van der Waals surface area contributed by atoms with Crippen molar-refractivity contribution in [2.45, 2.75) is 26.3 Å². The average molecular weight is 261 g/mol. The van der Waals surface area contributed by atoms with Crippen LogP contribution in [0.2, 0.25) is 0 Å². The first-order valence-corrected chi connectivity index (χ1v) is 6.13. The van der Waals surface area contributed by atoms with E-state index in [0.717, 1.165) is 4.68 Å². The van der Waals surface area contributed by atoms with Crippen LogP contribution in [-0.2, 0) is 4.79 Å². The number of aliphatic carboxylic acids is 1. The summed E-state index contributed by atoms with van der Waals surface area (Å²) in [6, 6.07) is 5.78. The van der Waals surface area contributed by atoms with Gasteiger partial charge < -0.3 is 5.11 Å². The van der Waals surface area contributed by atoms with Crippen LogP contribution < -0.4 is 5.56 Å². The third-order valence-corrected chi connectivity index (χ3v) is 3.29. The molecule has 0 bridgehead atoms. The Morgan fingerprint density at radius 1 is 1.42 bits per heavy atom. The molecule has 0 radical (unpaired) electrons. The van der Waals surface area contributed by atoms with Gasteiger partial charge in [-0.05, 0) is 18.1 Å². The molecule has 19 heavy (non-hydrogen) atoms. The molecule has 0 fully saturated rings. The standard InChI is InChI=1S/C13H15N3O3/c1-3-8(2)11(13(18)19)16-12(17)9-6-4-5-7-10(9)14-15-16/h4-8,11H,3H2,1-2H3,(H,18,19)/t8?,11-/m0/s1. The number of aromatic nitrogens is 3. The average Bonchev–Trinajstić information content (AvgIpc) is 2.41. The maximum absolute atomic E-state index is 12.3. The SMILES string of the molecule is CCC(C)[C@@H](C(=O)O)n1nnc2ccccc2c1=O. The van der Waals surface area contributed by atoms with E-state index in [0.29, 0.717) is 17.3 Å². The van der Waals surface area contributed by atoms with Gasteiger partial charge in [0, 0.05) is 0 Å². The first-order valence-electron chi connectivity index (χ1n) is 6.13. The molecule has 100 valence electrons. The summed E-state index contributed by atoms with van der Waals surface area (Å²) in [6.07, 6.45) is 0.637. The van der Waals surface area contributed by atoms with Crippen LogP contribution in [0.1, 0.15) is 26.3 Å². The first-order chi connectivity index (χ1) is 9.06. The summed E-state index contributed by atoms with van der Waals surface area (Å²) in [5, 5.41) is 17.4. The number of carboxylic acids is 1. The predicted octanol–water partition coefficient (Wildman–Crippen LogP) is 1.46. The maximum atomic E-state index is 12.3. The number of hydrogen-bond donors (Lipinski definition) is 1. The highest BCUT2D eigenvalue weighted by atomic mass is 16.4. The van der Waals surface area contributed by atoms with E-state index in [1.54, 1.807) is 31.2 Å². The van der Waals surface area contributed by atoms with Gasteiger partial charge in [-0.2, -0.15) is 4.68 Å². The van der Waals surface area contributed by atoms with E-state index < -0.39 is 17.6 Å². The summed E-state index contributed by atoms with van der Waals surface area (Å²) < 4.78 is 0.971. The van der Waals surface area contributed by atoms with Gasteiger partial charge in [0.2, 0.25) is 0 Å². The summed E-state index contributed by atoms with van der Waals surface area (Å²) in [5.74, 6) is -1.27. The van der Waals surface area contributed by atoms with Gasteiger partial charge in [0.1, 0.15) is 5.52 Å². The fourth-order valence-corrected chi connectivity index (χ4v) is 2.00. The molecule has 6 heteroatoms. The van der Waals surface area contributed by atoms with Crippen LogP contribution in [0, 0.1) is 5.92 Å². The van der Waals surface area contributed by atoms with Crippen molar-refractivity contribution in [3.63, 3.8) is 0 Å². The van der Waals surface area contributed by atoms with Crippen molar-refractivity contribution in [2.75, 3.05) is 0 Å². The van der Waals surface area contributed by atoms with Crippen LogP contribution >= 0.6 is 0 Å². The topological polar surface area (TPSA) is 85.1 Å².